The smallest absolute Gasteiger partial charge is 0.126 e. The first kappa shape index (κ1) is 13.8. The standard InChI is InChI=1S/C17H20FNS/c1-11-6-7-13(9-16(11)18)12(2)19-10-15-8-14-4-3-5-17(14)20-15/h6-9,12,19H,3-5,10H2,1-2H3. The Kier molecular flexibility index (Phi) is 3.90. The van der Waals surface area contributed by atoms with Gasteiger partial charge in [-0.3, -0.25) is 0 Å². The van der Waals surface area contributed by atoms with Crippen molar-refractivity contribution in [2.24, 2.45) is 0 Å². The molecule has 1 aliphatic rings. The summed E-state index contributed by atoms with van der Waals surface area (Å²) in [5, 5.41) is 3.49. The number of halogens is 1. The lowest BCUT2D eigenvalue weighted by atomic mass is 10.1. The number of hydrogen-bond donors (Lipinski definition) is 1. The summed E-state index contributed by atoms with van der Waals surface area (Å²) in [6, 6.07) is 8.00. The molecule has 1 N–H and O–H groups in total. The van der Waals surface area contributed by atoms with Gasteiger partial charge < -0.3 is 5.32 Å². The molecule has 0 amide bonds. The highest BCUT2D eigenvalue weighted by Gasteiger charge is 2.15. The van der Waals surface area contributed by atoms with Gasteiger partial charge in [-0.25, -0.2) is 4.39 Å². The minimum atomic E-state index is -0.119. The van der Waals surface area contributed by atoms with E-state index in [0.717, 1.165) is 12.1 Å². The summed E-state index contributed by atoms with van der Waals surface area (Å²) in [5.74, 6) is -0.119. The van der Waals surface area contributed by atoms with Crippen molar-refractivity contribution in [3.63, 3.8) is 0 Å². The van der Waals surface area contributed by atoms with Crippen LogP contribution in [0.1, 0.15) is 45.8 Å². The second kappa shape index (κ2) is 5.66. The SMILES string of the molecule is Cc1ccc(C(C)NCc2cc3c(s2)CCC3)cc1F. The quantitative estimate of drug-likeness (QED) is 0.871. The lowest BCUT2D eigenvalue weighted by Gasteiger charge is -2.14. The fraction of sp³-hybridized carbons (Fsp3) is 0.412. The van der Waals surface area contributed by atoms with Gasteiger partial charge in [0.2, 0.25) is 0 Å². The molecule has 0 bridgehead atoms. The van der Waals surface area contributed by atoms with E-state index >= 15 is 0 Å². The maximum absolute atomic E-state index is 13.6. The van der Waals surface area contributed by atoms with E-state index < -0.39 is 0 Å². The third kappa shape index (κ3) is 2.79. The molecule has 1 aliphatic carbocycles. The van der Waals surface area contributed by atoms with Crippen LogP contribution in [0.15, 0.2) is 24.3 Å². The van der Waals surface area contributed by atoms with Crippen molar-refractivity contribution >= 4 is 11.3 Å². The average Bonchev–Trinajstić information content (AvgIpc) is 3.00. The largest absolute Gasteiger partial charge is 0.305 e. The van der Waals surface area contributed by atoms with Crippen LogP contribution in [-0.2, 0) is 19.4 Å². The zero-order valence-corrected chi connectivity index (χ0v) is 12.8. The van der Waals surface area contributed by atoms with Gasteiger partial charge in [0.05, 0.1) is 0 Å². The molecule has 3 rings (SSSR count). The van der Waals surface area contributed by atoms with Crippen molar-refractivity contribution in [2.75, 3.05) is 0 Å². The van der Waals surface area contributed by atoms with Crippen LogP contribution in [0.2, 0.25) is 0 Å². The molecule has 3 heteroatoms. The van der Waals surface area contributed by atoms with Crippen molar-refractivity contribution in [3.8, 4) is 0 Å². The molecule has 2 aromatic rings. The van der Waals surface area contributed by atoms with Crippen molar-refractivity contribution in [3.05, 3.63) is 56.5 Å². The third-order valence-corrected chi connectivity index (χ3v) is 5.31. The van der Waals surface area contributed by atoms with Gasteiger partial charge in [-0.2, -0.15) is 0 Å². The van der Waals surface area contributed by atoms with Crippen molar-refractivity contribution in [1.82, 2.24) is 5.32 Å². The average molecular weight is 289 g/mol. The monoisotopic (exact) mass is 289 g/mol. The molecular formula is C17H20FNS. The Morgan fingerprint density at radius 1 is 1.30 bits per heavy atom. The molecule has 1 nitrogen and oxygen atoms in total. The summed E-state index contributed by atoms with van der Waals surface area (Å²) >= 11 is 1.93. The summed E-state index contributed by atoms with van der Waals surface area (Å²) in [5.41, 5.74) is 3.26. The second-order valence-electron chi connectivity index (χ2n) is 5.63. The van der Waals surface area contributed by atoms with E-state index in [9.17, 15) is 4.39 Å². The molecule has 0 saturated carbocycles. The van der Waals surface area contributed by atoms with Crippen molar-refractivity contribution in [1.29, 1.82) is 0 Å². The van der Waals surface area contributed by atoms with E-state index in [4.69, 9.17) is 0 Å². The van der Waals surface area contributed by atoms with E-state index in [2.05, 4.69) is 18.3 Å². The number of rotatable bonds is 4. The fourth-order valence-corrected chi connectivity index (χ4v) is 3.94. The van der Waals surface area contributed by atoms with E-state index in [1.54, 1.807) is 23.4 Å². The van der Waals surface area contributed by atoms with Crippen molar-refractivity contribution < 1.29 is 4.39 Å². The molecule has 0 spiro atoms. The highest BCUT2D eigenvalue weighted by Crippen LogP contribution is 2.30. The number of hydrogen-bond acceptors (Lipinski definition) is 2. The Bertz CT molecular complexity index is 596. The van der Waals surface area contributed by atoms with Crippen LogP contribution in [0.5, 0.6) is 0 Å². The summed E-state index contributed by atoms with van der Waals surface area (Å²) in [6.45, 7) is 4.75. The predicted molar refractivity (Wildman–Crippen MR) is 82.7 cm³/mol. The Morgan fingerprint density at radius 3 is 2.90 bits per heavy atom. The van der Waals surface area contributed by atoms with E-state index in [1.807, 2.05) is 23.5 Å². The van der Waals surface area contributed by atoms with Gasteiger partial charge in [-0.15, -0.1) is 11.3 Å². The van der Waals surface area contributed by atoms with Crippen molar-refractivity contribution in [2.45, 2.75) is 45.7 Å². The fourth-order valence-electron chi connectivity index (χ4n) is 2.73. The third-order valence-electron chi connectivity index (χ3n) is 4.08. The minimum Gasteiger partial charge on any atom is -0.305 e. The molecule has 0 fully saturated rings. The Labute approximate surface area is 123 Å². The van der Waals surface area contributed by atoms with Crippen LogP contribution < -0.4 is 5.32 Å². The molecule has 0 radical (unpaired) electrons. The molecule has 0 aliphatic heterocycles. The Morgan fingerprint density at radius 2 is 2.15 bits per heavy atom. The van der Waals surface area contributed by atoms with Gasteiger partial charge >= 0.3 is 0 Å². The van der Waals surface area contributed by atoms with E-state index in [-0.39, 0.29) is 11.9 Å². The highest BCUT2D eigenvalue weighted by molar-refractivity contribution is 7.12. The summed E-state index contributed by atoms with van der Waals surface area (Å²) in [6.07, 6.45) is 3.80. The zero-order valence-electron chi connectivity index (χ0n) is 12.0. The van der Waals surface area contributed by atoms with Crippen LogP contribution in [0, 0.1) is 12.7 Å². The number of fused-ring (bicyclic) bond motifs is 1. The molecule has 1 aromatic heterocycles. The number of thiophene rings is 1. The normalized spacial score (nSPS) is 15.3. The molecule has 1 heterocycles. The van der Waals surface area contributed by atoms with Gasteiger partial charge in [0.1, 0.15) is 5.82 Å². The van der Waals surface area contributed by atoms with Crippen LogP contribution in [0.4, 0.5) is 4.39 Å². The first-order chi connectivity index (χ1) is 9.63. The van der Waals surface area contributed by atoms with Gasteiger partial charge in [0.15, 0.2) is 0 Å². The first-order valence-electron chi connectivity index (χ1n) is 7.23. The number of nitrogens with one attached hydrogen (secondary N) is 1. The number of aryl methyl sites for hydroxylation is 3. The lowest BCUT2D eigenvalue weighted by molar-refractivity contribution is 0.566. The molecule has 1 aromatic carbocycles. The second-order valence-corrected chi connectivity index (χ2v) is 6.85. The Balaban J connectivity index is 1.63. The summed E-state index contributed by atoms with van der Waals surface area (Å²) < 4.78 is 13.6. The van der Waals surface area contributed by atoms with Crippen LogP contribution in [-0.4, -0.2) is 0 Å². The topological polar surface area (TPSA) is 12.0 Å². The summed E-state index contributed by atoms with van der Waals surface area (Å²) in [7, 11) is 0. The molecule has 106 valence electrons. The molecule has 20 heavy (non-hydrogen) atoms. The minimum absolute atomic E-state index is 0.119. The molecule has 1 atom stereocenters. The highest BCUT2D eigenvalue weighted by atomic mass is 32.1. The van der Waals surface area contributed by atoms with E-state index in [0.29, 0.717) is 5.56 Å². The Hall–Kier alpha value is -1.19. The molecule has 0 saturated heterocycles. The molecule has 1 unspecified atom stereocenters. The maximum atomic E-state index is 13.6. The van der Waals surface area contributed by atoms with Crippen LogP contribution in [0.3, 0.4) is 0 Å². The van der Waals surface area contributed by atoms with Crippen LogP contribution >= 0.6 is 11.3 Å². The lowest BCUT2D eigenvalue weighted by Crippen LogP contribution is -2.17. The van der Waals surface area contributed by atoms with Gasteiger partial charge in [0, 0.05) is 22.3 Å². The van der Waals surface area contributed by atoms with Gasteiger partial charge in [-0.1, -0.05) is 12.1 Å². The predicted octanol–water partition coefficient (Wildman–Crippen LogP) is 4.54. The number of benzene rings is 1. The summed E-state index contributed by atoms with van der Waals surface area (Å²) in [4.78, 5) is 2.96. The maximum Gasteiger partial charge on any atom is 0.126 e. The van der Waals surface area contributed by atoms with Gasteiger partial charge in [-0.05, 0) is 61.9 Å². The van der Waals surface area contributed by atoms with Crippen LogP contribution in [0.25, 0.3) is 0 Å². The zero-order chi connectivity index (χ0) is 14.1. The van der Waals surface area contributed by atoms with Gasteiger partial charge in [0.25, 0.3) is 0 Å². The molecular weight excluding hydrogens is 269 g/mol. The van der Waals surface area contributed by atoms with E-state index in [1.165, 1.54) is 24.1 Å². The first-order valence-corrected chi connectivity index (χ1v) is 8.05.